The van der Waals surface area contributed by atoms with Gasteiger partial charge in [0.05, 0.1) is 0 Å². The molecule has 29 heavy (non-hydrogen) atoms. The summed E-state index contributed by atoms with van der Waals surface area (Å²) in [4.78, 5) is 26.5. The van der Waals surface area contributed by atoms with Gasteiger partial charge in [-0.1, -0.05) is 44.2 Å². The van der Waals surface area contributed by atoms with Crippen LogP contribution in [0.4, 0.5) is 5.69 Å². The molecule has 2 amide bonds. The molecule has 2 N–H and O–H groups in total. The lowest BCUT2D eigenvalue weighted by Crippen LogP contribution is -2.33. The molecule has 0 aliphatic carbocycles. The van der Waals surface area contributed by atoms with Gasteiger partial charge in [-0.3, -0.25) is 14.9 Å². The molecular formula is C23H27N3O2S. The first-order valence-electron chi connectivity index (χ1n) is 9.78. The maximum absolute atomic E-state index is 12.6. The van der Waals surface area contributed by atoms with E-state index in [2.05, 4.69) is 24.5 Å². The van der Waals surface area contributed by atoms with E-state index in [-0.39, 0.29) is 16.9 Å². The molecule has 0 unspecified atom stereocenters. The highest BCUT2D eigenvalue weighted by molar-refractivity contribution is 7.80. The number of benzene rings is 2. The monoisotopic (exact) mass is 409 g/mol. The van der Waals surface area contributed by atoms with Crippen LogP contribution in [0, 0.1) is 0 Å². The fourth-order valence-corrected chi connectivity index (χ4v) is 3.00. The Hall–Kier alpha value is -2.99. The van der Waals surface area contributed by atoms with Crippen molar-refractivity contribution in [2.75, 3.05) is 18.4 Å². The molecule has 5 nitrogen and oxygen atoms in total. The van der Waals surface area contributed by atoms with E-state index in [9.17, 15) is 9.59 Å². The Bertz CT molecular complexity index is 842. The van der Waals surface area contributed by atoms with Crippen molar-refractivity contribution in [1.82, 2.24) is 10.2 Å². The zero-order valence-corrected chi connectivity index (χ0v) is 17.7. The van der Waals surface area contributed by atoms with Gasteiger partial charge in [-0.2, -0.15) is 0 Å². The van der Waals surface area contributed by atoms with E-state index in [1.807, 2.05) is 35.2 Å². The van der Waals surface area contributed by atoms with Crippen molar-refractivity contribution in [3.63, 3.8) is 0 Å². The Morgan fingerprint density at radius 3 is 2.17 bits per heavy atom. The highest BCUT2D eigenvalue weighted by Gasteiger charge is 2.14. The zero-order chi connectivity index (χ0) is 21.1. The van der Waals surface area contributed by atoms with Gasteiger partial charge in [0, 0.05) is 30.4 Å². The quantitative estimate of drug-likeness (QED) is 0.499. The lowest BCUT2D eigenvalue weighted by molar-refractivity contribution is -0.115. The van der Waals surface area contributed by atoms with Crippen LogP contribution in [0.3, 0.4) is 0 Å². The number of nitrogens with zero attached hydrogens (tertiary/aromatic N) is 1. The van der Waals surface area contributed by atoms with Gasteiger partial charge in [-0.05, 0) is 61.0 Å². The molecule has 152 valence electrons. The van der Waals surface area contributed by atoms with Crippen LogP contribution < -0.4 is 10.6 Å². The minimum atomic E-state index is -0.312. The summed E-state index contributed by atoms with van der Waals surface area (Å²) >= 11 is 5.19. The standard InChI is InChI=1S/C23H27N3O2S/c1-3-16-26(17-4-2)22(28)19-11-13-20(14-12-19)24-23(29)25-21(27)15-10-18-8-6-5-7-9-18/h5-15H,3-4,16-17H2,1-2H3,(H2,24,25,27,29)/b15-10+. The molecule has 0 aliphatic rings. The van der Waals surface area contributed by atoms with E-state index < -0.39 is 0 Å². The normalized spacial score (nSPS) is 10.6. The summed E-state index contributed by atoms with van der Waals surface area (Å²) in [5.41, 5.74) is 2.27. The molecule has 0 atom stereocenters. The number of carbonyl (C=O) groups is 2. The topological polar surface area (TPSA) is 61.4 Å². The van der Waals surface area contributed by atoms with Crippen molar-refractivity contribution >= 4 is 40.9 Å². The SMILES string of the molecule is CCCN(CCC)C(=O)c1ccc(NC(=S)NC(=O)/C=C/c2ccccc2)cc1. The summed E-state index contributed by atoms with van der Waals surface area (Å²) in [5, 5.41) is 5.76. The number of carbonyl (C=O) groups excluding carboxylic acids is 2. The second-order valence-corrected chi connectivity index (χ2v) is 6.97. The summed E-state index contributed by atoms with van der Waals surface area (Å²) in [6.45, 7) is 5.62. The van der Waals surface area contributed by atoms with Crippen molar-refractivity contribution in [3.8, 4) is 0 Å². The second-order valence-electron chi connectivity index (χ2n) is 6.56. The minimum absolute atomic E-state index is 0.0298. The molecular weight excluding hydrogens is 382 g/mol. The van der Waals surface area contributed by atoms with E-state index >= 15 is 0 Å². The van der Waals surface area contributed by atoms with Gasteiger partial charge >= 0.3 is 0 Å². The van der Waals surface area contributed by atoms with Crippen LogP contribution in [-0.4, -0.2) is 34.9 Å². The van der Waals surface area contributed by atoms with Crippen LogP contribution >= 0.6 is 12.2 Å². The predicted octanol–water partition coefficient (Wildman–Crippen LogP) is 4.48. The van der Waals surface area contributed by atoms with Gasteiger partial charge in [-0.15, -0.1) is 0 Å². The molecule has 0 aliphatic heterocycles. The van der Waals surface area contributed by atoms with Crippen LogP contribution in [0.2, 0.25) is 0 Å². The molecule has 2 aromatic carbocycles. The maximum Gasteiger partial charge on any atom is 0.253 e. The molecule has 0 bridgehead atoms. The lowest BCUT2D eigenvalue weighted by Gasteiger charge is -2.21. The largest absolute Gasteiger partial charge is 0.339 e. The highest BCUT2D eigenvalue weighted by Crippen LogP contribution is 2.12. The van der Waals surface area contributed by atoms with Crippen LogP contribution in [0.1, 0.15) is 42.6 Å². The molecule has 6 heteroatoms. The highest BCUT2D eigenvalue weighted by atomic mass is 32.1. The molecule has 0 heterocycles. The van der Waals surface area contributed by atoms with E-state index in [4.69, 9.17) is 12.2 Å². The molecule has 2 rings (SSSR count). The molecule has 0 aromatic heterocycles. The van der Waals surface area contributed by atoms with Gasteiger partial charge in [0.15, 0.2) is 5.11 Å². The zero-order valence-electron chi connectivity index (χ0n) is 16.9. The third kappa shape index (κ3) is 7.50. The Morgan fingerprint density at radius 1 is 0.966 bits per heavy atom. The average molecular weight is 410 g/mol. The summed E-state index contributed by atoms with van der Waals surface area (Å²) in [5.74, 6) is -0.282. The van der Waals surface area contributed by atoms with Crippen molar-refractivity contribution in [2.45, 2.75) is 26.7 Å². The third-order valence-corrected chi connectivity index (χ3v) is 4.33. The van der Waals surface area contributed by atoms with E-state index in [1.54, 1.807) is 30.3 Å². The third-order valence-electron chi connectivity index (χ3n) is 4.13. The molecule has 0 radical (unpaired) electrons. The summed E-state index contributed by atoms with van der Waals surface area (Å²) in [7, 11) is 0. The number of hydrogen-bond donors (Lipinski definition) is 2. The minimum Gasteiger partial charge on any atom is -0.339 e. The Balaban J connectivity index is 1.90. The molecule has 0 saturated heterocycles. The number of thiocarbonyl (C=S) groups is 1. The van der Waals surface area contributed by atoms with Crippen LogP contribution in [0.15, 0.2) is 60.7 Å². The fourth-order valence-electron chi connectivity index (χ4n) is 2.79. The first kappa shape index (κ1) is 22.3. The molecule has 2 aromatic rings. The van der Waals surface area contributed by atoms with E-state index in [0.717, 1.165) is 31.5 Å². The van der Waals surface area contributed by atoms with Crippen LogP contribution in [0.25, 0.3) is 6.08 Å². The summed E-state index contributed by atoms with van der Waals surface area (Å²) in [6.07, 6.45) is 5.01. The van der Waals surface area contributed by atoms with Crippen molar-refractivity contribution in [3.05, 3.63) is 71.8 Å². The van der Waals surface area contributed by atoms with Gasteiger partial charge in [0.1, 0.15) is 0 Å². The first-order chi connectivity index (χ1) is 14.0. The van der Waals surface area contributed by atoms with Gasteiger partial charge in [-0.25, -0.2) is 0 Å². The van der Waals surface area contributed by atoms with Crippen molar-refractivity contribution in [2.24, 2.45) is 0 Å². The summed E-state index contributed by atoms with van der Waals surface area (Å²) < 4.78 is 0. The Morgan fingerprint density at radius 2 is 1.59 bits per heavy atom. The van der Waals surface area contributed by atoms with Crippen LogP contribution in [-0.2, 0) is 4.79 Å². The van der Waals surface area contributed by atoms with Crippen molar-refractivity contribution < 1.29 is 9.59 Å². The Labute approximate surface area is 177 Å². The van der Waals surface area contributed by atoms with Gasteiger partial charge in [0.2, 0.25) is 5.91 Å². The first-order valence-corrected chi connectivity index (χ1v) is 10.2. The average Bonchev–Trinajstić information content (AvgIpc) is 2.73. The van der Waals surface area contributed by atoms with Gasteiger partial charge < -0.3 is 10.2 Å². The summed E-state index contributed by atoms with van der Waals surface area (Å²) in [6, 6.07) is 16.6. The molecule has 0 fully saturated rings. The number of amides is 2. The van der Waals surface area contributed by atoms with Crippen LogP contribution in [0.5, 0.6) is 0 Å². The van der Waals surface area contributed by atoms with E-state index in [1.165, 1.54) is 6.08 Å². The number of nitrogens with one attached hydrogen (secondary N) is 2. The number of anilines is 1. The lowest BCUT2D eigenvalue weighted by atomic mass is 10.1. The predicted molar refractivity (Wildman–Crippen MR) is 123 cm³/mol. The Kier molecular flexibility index (Phi) is 9.05. The smallest absolute Gasteiger partial charge is 0.253 e. The molecule has 0 spiro atoms. The molecule has 0 saturated carbocycles. The van der Waals surface area contributed by atoms with Gasteiger partial charge in [0.25, 0.3) is 5.91 Å². The fraction of sp³-hybridized carbons (Fsp3) is 0.261. The second kappa shape index (κ2) is 11.8. The van der Waals surface area contributed by atoms with E-state index in [0.29, 0.717) is 11.3 Å². The maximum atomic E-state index is 12.6. The number of rotatable bonds is 8. The number of hydrogen-bond acceptors (Lipinski definition) is 3. The van der Waals surface area contributed by atoms with Crippen molar-refractivity contribution in [1.29, 1.82) is 0 Å².